The van der Waals surface area contributed by atoms with Crippen molar-refractivity contribution in [2.75, 3.05) is 0 Å². The second-order valence-electron chi connectivity index (χ2n) is 3.65. The van der Waals surface area contributed by atoms with Crippen LogP contribution in [0.15, 0.2) is 35.8 Å². The molecule has 2 heterocycles. The van der Waals surface area contributed by atoms with Crippen molar-refractivity contribution < 1.29 is 0 Å². The predicted octanol–water partition coefficient (Wildman–Crippen LogP) is 3.00. The van der Waals surface area contributed by atoms with Crippen LogP contribution in [-0.4, -0.2) is 4.98 Å². The van der Waals surface area contributed by atoms with E-state index < -0.39 is 0 Å². The van der Waals surface area contributed by atoms with Gasteiger partial charge in [-0.3, -0.25) is 4.98 Å². The summed E-state index contributed by atoms with van der Waals surface area (Å²) < 4.78 is 0. The Hall–Kier alpha value is -1.19. The van der Waals surface area contributed by atoms with Crippen LogP contribution in [0.4, 0.5) is 0 Å². The smallest absolute Gasteiger partial charge is 0.0573 e. The average molecular weight is 232 g/mol. The third kappa shape index (κ3) is 2.90. The Morgan fingerprint density at radius 3 is 2.94 bits per heavy atom. The monoisotopic (exact) mass is 232 g/mol. The van der Waals surface area contributed by atoms with Crippen LogP contribution in [0.1, 0.15) is 23.1 Å². The highest BCUT2D eigenvalue weighted by atomic mass is 32.1. The molecule has 0 aliphatic heterocycles. The van der Waals surface area contributed by atoms with Crippen LogP contribution in [0, 0.1) is 0 Å². The van der Waals surface area contributed by atoms with Crippen LogP contribution in [0.25, 0.3) is 0 Å². The zero-order chi connectivity index (χ0) is 11.2. The van der Waals surface area contributed by atoms with Crippen LogP contribution in [0.5, 0.6) is 0 Å². The van der Waals surface area contributed by atoms with Gasteiger partial charge in [0.15, 0.2) is 0 Å². The lowest BCUT2D eigenvalue weighted by atomic mass is 10.1. The quantitative estimate of drug-likeness (QED) is 0.857. The molecular formula is C13H16N2S. The van der Waals surface area contributed by atoms with E-state index in [1.807, 2.05) is 12.3 Å². The summed E-state index contributed by atoms with van der Waals surface area (Å²) in [5.74, 6) is 0. The van der Waals surface area contributed by atoms with Crippen molar-refractivity contribution in [1.29, 1.82) is 0 Å². The number of rotatable bonds is 5. The minimum atomic E-state index is 0.849. The third-order valence-electron chi connectivity index (χ3n) is 2.54. The van der Waals surface area contributed by atoms with Gasteiger partial charge < -0.3 is 5.32 Å². The molecule has 0 aliphatic rings. The number of thiophene rings is 1. The fraction of sp³-hybridized carbons (Fsp3) is 0.308. The summed E-state index contributed by atoms with van der Waals surface area (Å²) in [5.41, 5.74) is 2.50. The first-order valence-corrected chi connectivity index (χ1v) is 6.44. The fourth-order valence-electron chi connectivity index (χ4n) is 1.67. The van der Waals surface area contributed by atoms with Gasteiger partial charge in [0.1, 0.15) is 0 Å². The molecule has 16 heavy (non-hydrogen) atoms. The molecule has 2 aromatic heterocycles. The maximum atomic E-state index is 4.41. The summed E-state index contributed by atoms with van der Waals surface area (Å²) in [6.45, 7) is 3.94. The summed E-state index contributed by atoms with van der Waals surface area (Å²) in [7, 11) is 0. The lowest BCUT2D eigenvalue weighted by Gasteiger charge is -2.07. The summed E-state index contributed by atoms with van der Waals surface area (Å²) >= 11 is 1.79. The molecule has 1 N–H and O–H groups in total. The molecule has 0 aliphatic carbocycles. The normalized spacial score (nSPS) is 10.6. The van der Waals surface area contributed by atoms with Gasteiger partial charge in [0.2, 0.25) is 0 Å². The molecule has 84 valence electrons. The number of aromatic nitrogens is 1. The molecule has 0 fully saturated rings. The van der Waals surface area contributed by atoms with E-state index in [4.69, 9.17) is 0 Å². The van der Waals surface area contributed by atoms with Gasteiger partial charge in [0.25, 0.3) is 0 Å². The lowest BCUT2D eigenvalue weighted by Crippen LogP contribution is -2.14. The second-order valence-corrected chi connectivity index (χ2v) is 4.68. The number of pyridine rings is 1. The van der Waals surface area contributed by atoms with Crippen LogP contribution < -0.4 is 5.32 Å². The predicted molar refractivity (Wildman–Crippen MR) is 68.5 cm³/mol. The number of nitrogens with one attached hydrogen (secondary N) is 1. The maximum absolute atomic E-state index is 4.41. The molecule has 0 amide bonds. The molecule has 0 atom stereocenters. The zero-order valence-corrected chi connectivity index (χ0v) is 10.3. The highest BCUT2D eigenvalue weighted by Crippen LogP contribution is 2.09. The Kier molecular flexibility index (Phi) is 4.08. The van der Waals surface area contributed by atoms with Crippen molar-refractivity contribution in [2.24, 2.45) is 0 Å². The van der Waals surface area contributed by atoms with Gasteiger partial charge in [-0.1, -0.05) is 19.1 Å². The van der Waals surface area contributed by atoms with Crippen LogP contribution in [0.3, 0.4) is 0 Å². The number of hydrogen-bond acceptors (Lipinski definition) is 3. The highest BCUT2D eigenvalue weighted by Gasteiger charge is 2.00. The Balaban J connectivity index is 1.89. The first-order valence-electron chi connectivity index (χ1n) is 5.56. The minimum absolute atomic E-state index is 0.849. The van der Waals surface area contributed by atoms with Gasteiger partial charge in [-0.15, -0.1) is 11.3 Å². The molecule has 0 saturated carbocycles. The topological polar surface area (TPSA) is 24.9 Å². The van der Waals surface area contributed by atoms with E-state index in [-0.39, 0.29) is 0 Å². The molecule has 0 bridgehead atoms. The van der Waals surface area contributed by atoms with Crippen LogP contribution in [-0.2, 0) is 19.5 Å². The van der Waals surface area contributed by atoms with Crippen molar-refractivity contribution in [2.45, 2.75) is 26.4 Å². The molecule has 0 unspecified atom stereocenters. The van der Waals surface area contributed by atoms with Crippen LogP contribution in [0.2, 0.25) is 0 Å². The average Bonchev–Trinajstić information content (AvgIpc) is 2.83. The van der Waals surface area contributed by atoms with E-state index in [2.05, 4.69) is 40.8 Å². The molecule has 0 saturated heterocycles. The number of hydrogen-bond donors (Lipinski definition) is 1. The first kappa shape index (κ1) is 11.3. The molecular weight excluding hydrogens is 216 g/mol. The van der Waals surface area contributed by atoms with E-state index in [0.29, 0.717) is 0 Å². The zero-order valence-electron chi connectivity index (χ0n) is 9.44. The molecule has 2 nitrogen and oxygen atoms in total. The van der Waals surface area contributed by atoms with Crippen LogP contribution >= 0.6 is 11.3 Å². The highest BCUT2D eigenvalue weighted by molar-refractivity contribution is 7.09. The van der Waals surface area contributed by atoms with Crippen molar-refractivity contribution in [3.8, 4) is 0 Å². The van der Waals surface area contributed by atoms with Crippen molar-refractivity contribution >= 4 is 11.3 Å². The largest absolute Gasteiger partial charge is 0.306 e. The molecule has 0 radical (unpaired) electrons. The molecule has 3 heteroatoms. The van der Waals surface area contributed by atoms with E-state index in [1.54, 1.807) is 11.3 Å². The van der Waals surface area contributed by atoms with Crippen molar-refractivity contribution in [3.05, 3.63) is 52.0 Å². The van der Waals surface area contributed by atoms with E-state index in [1.165, 1.54) is 16.1 Å². The Labute approximate surface area is 100 Å². The summed E-state index contributed by atoms with van der Waals surface area (Å²) in [4.78, 5) is 5.78. The van der Waals surface area contributed by atoms with Gasteiger partial charge in [-0.25, -0.2) is 0 Å². The fourth-order valence-corrected chi connectivity index (χ4v) is 2.34. The maximum Gasteiger partial charge on any atom is 0.0573 e. The minimum Gasteiger partial charge on any atom is -0.306 e. The van der Waals surface area contributed by atoms with E-state index in [9.17, 15) is 0 Å². The molecule has 0 spiro atoms. The van der Waals surface area contributed by atoms with Gasteiger partial charge in [-0.2, -0.15) is 0 Å². The van der Waals surface area contributed by atoms with Gasteiger partial charge in [0, 0.05) is 24.2 Å². The number of aryl methyl sites for hydroxylation is 1. The van der Waals surface area contributed by atoms with E-state index in [0.717, 1.165) is 19.5 Å². The summed E-state index contributed by atoms with van der Waals surface area (Å²) in [5, 5.41) is 5.53. The molecule has 0 aromatic carbocycles. The third-order valence-corrected chi connectivity index (χ3v) is 3.41. The standard InChI is InChI=1S/C13H16N2S/c1-2-11-5-3-7-15-13(11)10-14-9-12-6-4-8-16-12/h3-8,14H,2,9-10H2,1H3. The van der Waals surface area contributed by atoms with E-state index >= 15 is 0 Å². The second kappa shape index (κ2) is 5.77. The summed E-state index contributed by atoms with van der Waals surface area (Å²) in [6.07, 6.45) is 2.91. The SMILES string of the molecule is CCc1cccnc1CNCc1cccs1. The van der Waals surface area contributed by atoms with Gasteiger partial charge in [-0.05, 0) is 29.5 Å². The summed E-state index contributed by atoms with van der Waals surface area (Å²) in [6, 6.07) is 8.38. The lowest BCUT2D eigenvalue weighted by molar-refractivity contribution is 0.680. The Morgan fingerprint density at radius 1 is 1.25 bits per heavy atom. The van der Waals surface area contributed by atoms with Gasteiger partial charge in [0.05, 0.1) is 5.69 Å². The van der Waals surface area contributed by atoms with Crippen molar-refractivity contribution in [3.63, 3.8) is 0 Å². The van der Waals surface area contributed by atoms with Gasteiger partial charge >= 0.3 is 0 Å². The molecule has 2 aromatic rings. The first-order chi connectivity index (χ1) is 7.90. The Bertz CT molecular complexity index is 423. The number of nitrogens with zero attached hydrogens (tertiary/aromatic N) is 1. The Morgan fingerprint density at radius 2 is 2.19 bits per heavy atom. The van der Waals surface area contributed by atoms with Crippen molar-refractivity contribution in [1.82, 2.24) is 10.3 Å². The molecule has 2 rings (SSSR count).